The molecule has 2 heterocycles. The van der Waals surface area contributed by atoms with E-state index in [9.17, 15) is 0 Å². The number of hydrogen-bond acceptors (Lipinski definition) is 3. The van der Waals surface area contributed by atoms with Crippen LogP contribution in [0, 0.1) is 6.92 Å². The molecule has 2 aromatic rings. The number of H-pyrrole nitrogens is 1. The van der Waals surface area contributed by atoms with E-state index in [2.05, 4.69) is 15.0 Å². The number of fused-ring (bicyclic) bond motifs is 1. The van der Waals surface area contributed by atoms with Gasteiger partial charge in [-0.15, -0.1) is 0 Å². The van der Waals surface area contributed by atoms with Gasteiger partial charge in [0.2, 0.25) is 0 Å². The second kappa shape index (κ2) is 4.35. The first-order valence-electron chi connectivity index (χ1n) is 6.76. The minimum absolute atomic E-state index is 0.0683. The number of nitrogens with zero attached hydrogens (tertiary/aromatic N) is 2. The normalized spacial score (nSPS) is 19.2. The lowest BCUT2D eigenvalue weighted by Crippen LogP contribution is -2.44. The first kappa shape index (κ1) is 11.7. The van der Waals surface area contributed by atoms with Gasteiger partial charge >= 0.3 is 0 Å². The molecule has 0 saturated heterocycles. The highest BCUT2D eigenvalue weighted by Crippen LogP contribution is 2.28. The monoisotopic (exact) mass is 244 g/mol. The second-order valence-corrected chi connectivity index (χ2v) is 5.61. The molecule has 0 amide bonds. The molecule has 1 aliphatic rings. The third-order valence-electron chi connectivity index (χ3n) is 3.90. The predicted octanol–water partition coefficient (Wildman–Crippen LogP) is 2.47. The molecule has 0 atom stereocenters. The topological polar surface area (TPSA) is 67.6 Å². The zero-order chi connectivity index (χ0) is 12.6. The molecule has 4 heteroatoms. The lowest BCUT2D eigenvalue weighted by Gasteiger charge is -2.32. The van der Waals surface area contributed by atoms with Crippen molar-refractivity contribution in [2.75, 3.05) is 0 Å². The van der Waals surface area contributed by atoms with Gasteiger partial charge in [0.15, 0.2) is 5.65 Å². The fourth-order valence-electron chi connectivity index (χ4n) is 2.89. The van der Waals surface area contributed by atoms with Crippen LogP contribution in [0.3, 0.4) is 0 Å². The molecule has 0 spiro atoms. The van der Waals surface area contributed by atoms with Crippen molar-refractivity contribution in [3.63, 3.8) is 0 Å². The summed E-state index contributed by atoms with van der Waals surface area (Å²) in [6.45, 7) is 1.99. The number of nitrogens with two attached hydrogens (primary N) is 1. The Morgan fingerprint density at radius 2 is 2.00 bits per heavy atom. The van der Waals surface area contributed by atoms with Crippen molar-refractivity contribution in [2.24, 2.45) is 5.73 Å². The quantitative estimate of drug-likeness (QED) is 0.852. The summed E-state index contributed by atoms with van der Waals surface area (Å²) in [5.74, 6) is 0.979. The first-order valence-corrected chi connectivity index (χ1v) is 6.76. The van der Waals surface area contributed by atoms with Gasteiger partial charge in [0.25, 0.3) is 0 Å². The molecule has 1 saturated carbocycles. The van der Waals surface area contributed by atoms with Crippen molar-refractivity contribution in [3.8, 4) is 0 Å². The molecule has 2 aromatic heterocycles. The molecule has 4 nitrogen and oxygen atoms in total. The van der Waals surface area contributed by atoms with E-state index >= 15 is 0 Å². The molecule has 0 unspecified atom stereocenters. The van der Waals surface area contributed by atoms with Crippen molar-refractivity contribution in [1.82, 2.24) is 15.0 Å². The van der Waals surface area contributed by atoms with Gasteiger partial charge in [-0.25, -0.2) is 9.97 Å². The maximum Gasteiger partial charge on any atom is 0.177 e. The van der Waals surface area contributed by atoms with Crippen LogP contribution in [-0.2, 0) is 6.42 Å². The summed E-state index contributed by atoms with van der Waals surface area (Å²) in [5, 5.41) is 0. The van der Waals surface area contributed by atoms with Gasteiger partial charge in [-0.2, -0.15) is 0 Å². The van der Waals surface area contributed by atoms with E-state index in [1.54, 1.807) is 0 Å². The van der Waals surface area contributed by atoms with Crippen LogP contribution >= 0.6 is 0 Å². The van der Waals surface area contributed by atoms with E-state index in [4.69, 9.17) is 5.73 Å². The van der Waals surface area contributed by atoms with Crippen molar-refractivity contribution >= 4 is 11.2 Å². The van der Waals surface area contributed by atoms with E-state index < -0.39 is 0 Å². The van der Waals surface area contributed by atoms with E-state index in [1.807, 2.05) is 19.1 Å². The number of rotatable bonds is 2. The summed E-state index contributed by atoms with van der Waals surface area (Å²) in [6, 6.07) is 4.04. The largest absolute Gasteiger partial charge is 0.341 e. The number of nitrogens with one attached hydrogen (secondary N) is 1. The standard InChI is InChI=1S/C14H20N4/c1-10-5-6-11-13(16-10)18-12(17-11)9-14(15)7-3-2-4-8-14/h5-6H,2-4,7-9,15H2,1H3,(H,16,17,18). The Bertz CT molecular complexity index is 552. The summed E-state index contributed by atoms with van der Waals surface area (Å²) in [7, 11) is 0. The maximum atomic E-state index is 6.46. The average molecular weight is 244 g/mol. The third kappa shape index (κ3) is 2.25. The summed E-state index contributed by atoms with van der Waals surface area (Å²) in [5.41, 5.74) is 9.21. The van der Waals surface area contributed by atoms with Crippen molar-refractivity contribution in [3.05, 3.63) is 23.7 Å². The Morgan fingerprint density at radius 3 is 2.78 bits per heavy atom. The molecule has 0 aliphatic heterocycles. The van der Waals surface area contributed by atoms with Gasteiger partial charge in [0.1, 0.15) is 5.82 Å². The Labute approximate surface area is 107 Å². The van der Waals surface area contributed by atoms with Crippen LogP contribution in [0.25, 0.3) is 11.2 Å². The Balaban J connectivity index is 1.86. The van der Waals surface area contributed by atoms with Gasteiger partial charge < -0.3 is 10.7 Å². The molecular weight excluding hydrogens is 224 g/mol. The van der Waals surface area contributed by atoms with Crippen molar-refractivity contribution in [2.45, 2.75) is 51.0 Å². The molecule has 0 bridgehead atoms. The van der Waals surface area contributed by atoms with E-state index in [1.165, 1.54) is 19.3 Å². The Kier molecular flexibility index (Phi) is 2.82. The van der Waals surface area contributed by atoms with Crippen LogP contribution in [0.15, 0.2) is 12.1 Å². The minimum Gasteiger partial charge on any atom is -0.341 e. The van der Waals surface area contributed by atoms with Gasteiger partial charge in [0.05, 0.1) is 5.52 Å². The first-order chi connectivity index (χ1) is 8.65. The van der Waals surface area contributed by atoms with Gasteiger partial charge in [-0.05, 0) is 31.9 Å². The predicted molar refractivity (Wildman–Crippen MR) is 72.3 cm³/mol. The minimum atomic E-state index is -0.0683. The molecule has 1 fully saturated rings. The van der Waals surface area contributed by atoms with Crippen molar-refractivity contribution in [1.29, 1.82) is 0 Å². The van der Waals surface area contributed by atoms with E-state index in [-0.39, 0.29) is 5.54 Å². The third-order valence-corrected chi connectivity index (χ3v) is 3.90. The lowest BCUT2D eigenvalue weighted by molar-refractivity contribution is 0.290. The van der Waals surface area contributed by atoms with Gasteiger partial charge in [-0.1, -0.05) is 19.3 Å². The number of aryl methyl sites for hydroxylation is 1. The van der Waals surface area contributed by atoms with Crippen LogP contribution < -0.4 is 5.73 Å². The zero-order valence-corrected chi connectivity index (χ0v) is 10.9. The second-order valence-electron chi connectivity index (χ2n) is 5.61. The van der Waals surface area contributed by atoms with E-state index in [0.717, 1.165) is 41.9 Å². The number of hydrogen-bond donors (Lipinski definition) is 2. The fourth-order valence-corrected chi connectivity index (χ4v) is 2.89. The fraction of sp³-hybridized carbons (Fsp3) is 0.571. The number of pyridine rings is 1. The molecule has 3 N–H and O–H groups in total. The Hall–Kier alpha value is -1.42. The van der Waals surface area contributed by atoms with E-state index in [0.29, 0.717) is 0 Å². The zero-order valence-electron chi connectivity index (χ0n) is 10.9. The number of aromatic nitrogens is 3. The SMILES string of the molecule is Cc1ccc2[nH]c(CC3(N)CCCCC3)nc2n1. The molecule has 0 aromatic carbocycles. The van der Waals surface area contributed by atoms with Crippen LogP contribution in [0.1, 0.15) is 43.6 Å². The van der Waals surface area contributed by atoms with Gasteiger partial charge in [0, 0.05) is 17.7 Å². The summed E-state index contributed by atoms with van der Waals surface area (Å²) in [6.07, 6.45) is 6.86. The molecule has 96 valence electrons. The smallest absolute Gasteiger partial charge is 0.177 e. The summed E-state index contributed by atoms with van der Waals surface area (Å²) < 4.78 is 0. The molecular formula is C14H20N4. The highest BCUT2D eigenvalue weighted by Gasteiger charge is 2.28. The van der Waals surface area contributed by atoms with Crippen molar-refractivity contribution < 1.29 is 0 Å². The van der Waals surface area contributed by atoms with Crippen LogP contribution in [0.4, 0.5) is 0 Å². The van der Waals surface area contributed by atoms with Gasteiger partial charge in [-0.3, -0.25) is 0 Å². The highest BCUT2D eigenvalue weighted by atomic mass is 15.0. The molecule has 18 heavy (non-hydrogen) atoms. The Morgan fingerprint density at radius 1 is 1.22 bits per heavy atom. The summed E-state index contributed by atoms with van der Waals surface area (Å²) in [4.78, 5) is 12.3. The summed E-state index contributed by atoms with van der Waals surface area (Å²) >= 11 is 0. The number of imidazole rings is 1. The van der Waals surface area contributed by atoms with Crippen LogP contribution in [0.2, 0.25) is 0 Å². The highest BCUT2D eigenvalue weighted by molar-refractivity contribution is 5.70. The lowest BCUT2D eigenvalue weighted by atomic mass is 9.80. The maximum absolute atomic E-state index is 6.46. The molecule has 3 rings (SSSR count). The number of aromatic amines is 1. The molecule has 0 radical (unpaired) electrons. The molecule has 1 aliphatic carbocycles. The van der Waals surface area contributed by atoms with Crippen LogP contribution in [0.5, 0.6) is 0 Å². The average Bonchev–Trinajstić information content (AvgIpc) is 2.70. The van der Waals surface area contributed by atoms with Crippen LogP contribution in [-0.4, -0.2) is 20.5 Å².